The quantitative estimate of drug-likeness (QED) is 0.875. The van der Waals surface area contributed by atoms with Crippen LogP contribution < -0.4 is 5.32 Å². The predicted molar refractivity (Wildman–Crippen MR) is 88.4 cm³/mol. The third kappa shape index (κ3) is 5.42. The Hall–Kier alpha value is -0.900. The number of hydrogen-bond acceptors (Lipinski definition) is 3. The molecule has 2 N–H and O–H groups in total. The van der Waals surface area contributed by atoms with Gasteiger partial charge in [-0.1, -0.05) is 36.8 Å². The van der Waals surface area contributed by atoms with Crippen molar-refractivity contribution in [2.75, 3.05) is 19.6 Å². The van der Waals surface area contributed by atoms with Gasteiger partial charge in [-0.3, -0.25) is 4.90 Å². The summed E-state index contributed by atoms with van der Waals surface area (Å²) in [4.78, 5) is 2.46. The molecule has 2 unspecified atom stereocenters. The topological polar surface area (TPSA) is 35.5 Å². The predicted octanol–water partition coefficient (Wildman–Crippen LogP) is 2.96. The molecule has 1 aromatic carbocycles. The van der Waals surface area contributed by atoms with Crippen LogP contribution in [-0.2, 0) is 0 Å². The number of hydrogen-bond donors (Lipinski definition) is 2. The van der Waals surface area contributed by atoms with Gasteiger partial charge in [0.05, 0.1) is 6.10 Å². The molecule has 0 radical (unpaired) electrons. The molecular formula is C18H30N2O. The van der Waals surface area contributed by atoms with Gasteiger partial charge in [0, 0.05) is 24.7 Å². The van der Waals surface area contributed by atoms with Gasteiger partial charge in [-0.2, -0.15) is 0 Å². The van der Waals surface area contributed by atoms with Crippen LogP contribution in [0, 0.1) is 0 Å². The highest BCUT2D eigenvalue weighted by atomic mass is 16.3. The van der Waals surface area contributed by atoms with Crippen LogP contribution in [0.5, 0.6) is 0 Å². The van der Waals surface area contributed by atoms with Gasteiger partial charge in [-0.25, -0.2) is 0 Å². The Morgan fingerprint density at radius 2 is 1.95 bits per heavy atom. The largest absolute Gasteiger partial charge is 0.387 e. The normalized spacial score (nSPS) is 22.2. The standard InChI is InChI=1S/C18H30N2O/c1-18(2,3)19-13-16-11-7-8-12-20(16)14-17(21)15-9-5-4-6-10-15/h4-6,9-10,16-17,19,21H,7-8,11-14H2,1-3H3. The Morgan fingerprint density at radius 3 is 2.62 bits per heavy atom. The molecule has 2 rings (SSSR count). The van der Waals surface area contributed by atoms with Crippen molar-refractivity contribution < 1.29 is 5.11 Å². The lowest BCUT2D eigenvalue weighted by molar-refractivity contribution is 0.0645. The van der Waals surface area contributed by atoms with Crippen molar-refractivity contribution in [2.45, 2.75) is 57.7 Å². The van der Waals surface area contributed by atoms with Gasteiger partial charge < -0.3 is 10.4 Å². The number of benzene rings is 1. The summed E-state index contributed by atoms with van der Waals surface area (Å²) in [6.07, 6.45) is 3.38. The Labute approximate surface area is 129 Å². The first kappa shape index (κ1) is 16.5. The van der Waals surface area contributed by atoms with Crippen LogP contribution in [0.4, 0.5) is 0 Å². The summed E-state index contributed by atoms with van der Waals surface area (Å²) in [6.45, 7) is 9.46. The molecule has 21 heavy (non-hydrogen) atoms. The molecule has 3 nitrogen and oxygen atoms in total. The van der Waals surface area contributed by atoms with E-state index in [0.717, 1.165) is 25.2 Å². The van der Waals surface area contributed by atoms with Crippen molar-refractivity contribution in [1.29, 1.82) is 0 Å². The fraction of sp³-hybridized carbons (Fsp3) is 0.667. The van der Waals surface area contributed by atoms with Gasteiger partial charge in [-0.05, 0) is 45.7 Å². The highest BCUT2D eigenvalue weighted by Gasteiger charge is 2.25. The van der Waals surface area contributed by atoms with Gasteiger partial charge >= 0.3 is 0 Å². The lowest BCUT2D eigenvalue weighted by atomic mass is 9.99. The maximum atomic E-state index is 10.5. The number of likely N-dealkylation sites (tertiary alicyclic amines) is 1. The average Bonchev–Trinajstić information content (AvgIpc) is 2.46. The highest BCUT2D eigenvalue weighted by Crippen LogP contribution is 2.21. The molecule has 1 saturated heterocycles. The molecule has 0 saturated carbocycles. The van der Waals surface area contributed by atoms with Gasteiger partial charge in [0.15, 0.2) is 0 Å². The van der Waals surface area contributed by atoms with Gasteiger partial charge in [0.2, 0.25) is 0 Å². The zero-order valence-corrected chi connectivity index (χ0v) is 13.7. The molecule has 0 spiro atoms. The summed E-state index contributed by atoms with van der Waals surface area (Å²) in [5.74, 6) is 0. The molecule has 0 amide bonds. The van der Waals surface area contributed by atoms with Crippen LogP contribution in [0.2, 0.25) is 0 Å². The van der Waals surface area contributed by atoms with Crippen LogP contribution in [-0.4, -0.2) is 41.2 Å². The minimum atomic E-state index is -0.388. The fourth-order valence-electron chi connectivity index (χ4n) is 2.96. The molecule has 1 aliphatic rings. The number of rotatable bonds is 5. The second-order valence-electron chi connectivity index (χ2n) is 7.20. The summed E-state index contributed by atoms with van der Waals surface area (Å²) in [5, 5.41) is 14.1. The maximum absolute atomic E-state index is 10.5. The number of β-amino-alcohol motifs (C(OH)–C–C–N with tert-alkyl or cyclic N) is 1. The van der Waals surface area contributed by atoms with E-state index < -0.39 is 0 Å². The molecule has 2 atom stereocenters. The zero-order valence-electron chi connectivity index (χ0n) is 13.7. The zero-order chi connectivity index (χ0) is 15.3. The highest BCUT2D eigenvalue weighted by molar-refractivity contribution is 5.17. The fourth-order valence-corrected chi connectivity index (χ4v) is 2.96. The first-order chi connectivity index (χ1) is 9.96. The van der Waals surface area contributed by atoms with E-state index in [0.29, 0.717) is 6.04 Å². The number of nitrogens with one attached hydrogen (secondary N) is 1. The number of aliphatic hydroxyl groups is 1. The minimum absolute atomic E-state index is 0.154. The van der Waals surface area contributed by atoms with Crippen molar-refractivity contribution >= 4 is 0 Å². The van der Waals surface area contributed by atoms with Crippen molar-refractivity contribution in [3.8, 4) is 0 Å². The van der Waals surface area contributed by atoms with Crippen molar-refractivity contribution in [3.63, 3.8) is 0 Å². The molecule has 1 aromatic rings. The van der Waals surface area contributed by atoms with E-state index in [-0.39, 0.29) is 11.6 Å². The maximum Gasteiger partial charge on any atom is 0.0917 e. The third-order valence-electron chi connectivity index (χ3n) is 4.21. The summed E-state index contributed by atoms with van der Waals surface area (Å²) >= 11 is 0. The average molecular weight is 290 g/mol. The van der Waals surface area contributed by atoms with E-state index in [9.17, 15) is 5.11 Å². The molecule has 0 aromatic heterocycles. The van der Waals surface area contributed by atoms with Crippen LogP contribution in [0.25, 0.3) is 0 Å². The molecule has 1 heterocycles. The van der Waals surface area contributed by atoms with Gasteiger partial charge in [0.1, 0.15) is 0 Å². The summed E-state index contributed by atoms with van der Waals surface area (Å²) < 4.78 is 0. The van der Waals surface area contributed by atoms with Crippen LogP contribution in [0.1, 0.15) is 51.7 Å². The van der Waals surface area contributed by atoms with Crippen LogP contribution >= 0.6 is 0 Å². The molecule has 1 aliphatic heterocycles. The molecular weight excluding hydrogens is 260 g/mol. The third-order valence-corrected chi connectivity index (χ3v) is 4.21. The number of piperidine rings is 1. The van der Waals surface area contributed by atoms with Crippen molar-refractivity contribution in [1.82, 2.24) is 10.2 Å². The Balaban J connectivity index is 1.92. The van der Waals surface area contributed by atoms with E-state index in [4.69, 9.17) is 0 Å². The molecule has 118 valence electrons. The Morgan fingerprint density at radius 1 is 1.24 bits per heavy atom. The Bertz CT molecular complexity index is 413. The first-order valence-corrected chi connectivity index (χ1v) is 8.18. The van der Waals surface area contributed by atoms with Crippen LogP contribution in [0.15, 0.2) is 30.3 Å². The molecule has 3 heteroatoms. The number of nitrogens with zero attached hydrogens (tertiary/aromatic N) is 1. The van der Waals surface area contributed by atoms with E-state index in [1.807, 2.05) is 30.3 Å². The van der Waals surface area contributed by atoms with E-state index in [1.54, 1.807) is 0 Å². The van der Waals surface area contributed by atoms with Gasteiger partial charge in [-0.15, -0.1) is 0 Å². The summed E-state index contributed by atoms with van der Waals surface area (Å²) in [6, 6.07) is 10.5. The lowest BCUT2D eigenvalue weighted by Crippen LogP contribution is -2.50. The van der Waals surface area contributed by atoms with Gasteiger partial charge in [0.25, 0.3) is 0 Å². The van der Waals surface area contributed by atoms with Crippen molar-refractivity contribution in [3.05, 3.63) is 35.9 Å². The SMILES string of the molecule is CC(C)(C)NCC1CCCCN1CC(O)c1ccccc1. The van der Waals surface area contributed by atoms with Crippen molar-refractivity contribution in [2.24, 2.45) is 0 Å². The second kappa shape index (κ2) is 7.39. The monoisotopic (exact) mass is 290 g/mol. The summed E-state index contributed by atoms with van der Waals surface area (Å²) in [7, 11) is 0. The Kier molecular flexibility index (Phi) is 5.80. The van der Waals surface area contributed by atoms with E-state index in [1.165, 1.54) is 19.3 Å². The molecule has 0 bridgehead atoms. The smallest absolute Gasteiger partial charge is 0.0917 e. The first-order valence-electron chi connectivity index (χ1n) is 8.18. The van der Waals surface area contributed by atoms with E-state index >= 15 is 0 Å². The minimum Gasteiger partial charge on any atom is -0.387 e. The van der Waals surface area contributed by atoms with E-state index in [2.05, 4.69) is 31.0 Å². The number of aliphatic hydroxyl groups excluding tert-OH is 1. The molecule has 0 aliphatic carbocycles. The lowest BCUT2D eigenvalue weighted by Gasteiger charge is -2.38. The summed E-state index contributed by atoms with van der Waals surface area (Å²) in [5.41, 5.74) is 1.17. The van der Waals surface area contributed by atoms with Crippen LogP contribution in [0.3, 0.4) is 0 Å². The second-order valence-corrected chi connectivity index (χ2v) is 7.20. The molecule has 1 fully saturated rings.